The Morgan fingerprint density at radius 2 is 1.48 bits per heavy atom. The zero-order valence-electron chi connectivity index (χ0n) is 26.9. The number of nitrogens with one attached hydrogen (secondary N) is 2. The SMILES string of the molecule is CN(C)CCOCCOCCC(=O)NCCCC[C@H](NC(=O)OCC1c2ccccc2-c2ccccc21)C(=O)OC(C)(C)C. The molecule has 2 amide bonds. The van der Waals surface area contributed by atoms with E-state index in [4.69, 9.17) is 18.9 Å². The van der Waals surface area contributed by atoms with Crippen molar-refractivity contribution in [1.82, 2.24) is 15.5 Å². The van der Waals surface area contributed by atoms with Gasteiger partial charge in [0.1, 0.15) is 18.2 Å². The van der Waals surface area contributed by atoms with Crippen molar-refractivity contribution >= 4 is 18.0 Å². The highest BCUT2D eigenvalue weighted by molar-refractivity contribution is 5.82. The average Bonchev–Trinajstić information content (AvgIpc) is 3.29. The molecule has 0 bridgehead atoms. The summed E-state index contributed by atoms with van der Waals surface area (Å²) in [6.45, 7) is 8.74. The monoisotopic (exact) mass is 611 g/mol. The van der Waals surface area contributed by atoms with Crippen LogP contribution in [0.5, 0.6) is 0 Å². The van der Waals surface area contributed by atoms with Crippen LogP contribution in [-0.2, 0) is 28.5 Å². The second kappa shape index (κ2) is 17.7. The molecule has 0 saturated carbocycles. The van der Waals surface area contributed by atoms with Crippen LogP contribution in [0, 0.1) is 0 Å². The molecule has 2 N–H and O–H groups in total. The number of esters is 1. The van der Waals surface area contributed by atoms with Gasteiger partial charge in [-0.3, -0.25) is 4.79 Å². The number of carbonyl (C=O) groups is 3. The quantitative estimate of drug-likeness (QED) is 0.187. The van der Waals surface area contributed by atoms with E-state index in [1.54, 1.807) is 20.8 Å². The van der Waals surface area contributed by atoms with Crippen molar-refractivity contribution in [2.75, 3.05) is 60.2 Å². The van der Waals surface area contributed by atoms with E-state index in [9.17, 15) is 14.4 Å². The molecule has 0 aliphatic heterocycles. The summed E-state index contributed by atoms with van der Waals surface area (Å²) >= 11 is 0. The Kier molecular flexibility index (Phi) is 14.1. The van der Waals surface area contributed by atoms with Gasteiger partial charge in [0.2, 0.25) is 5.91 Å². The van der Waals surface area contributed by atoms with Crippen molar-refractivity contribution < 1.29 is 33.3 Å². The molecular formula is C34H49N3O7. The minimum absolute atomic E-state index is 0.0800. The first-order valence-corrected chi connectivity index (χ1v) is 15.5. The van der Waals surface area contributed by atoms with Crippen LogP contribution in [0.3, 0.4) is 0 Å². The van der Waals surface area contributed by atoms with Gasteiger partial charge in [0.05, 0.1) is 26.4 Å². The molecule has 3 rings (SSSR count). The van der Waals surface area contributed by atoms with Gasteiger partial charge in [-0.1, -0.05) is 48.5 Å². The number of benzene rings is 2. The third-order valence-corrected chi connectivity index (χ3v) is 7.10. The predicted molar refractivity (Wildman–Crippen MR) is 170 cm³/mol. The van der Waals surface area contributed by atoms with E-state index >= 15 is 0 Å². The lowest BCUT2D eigenvalue weighted by Gasteiger charge is -2.24. The molecule has 0 unspecified atom stereocenters. The Morgan fingerprint density at radius 1 is 0.864 bits per heavy atom. The number of fused-ring (bicyclic) bond motifs is 3. The van der Waals surface area contributed by atoms with Crippen LogP contribution in [0.1, 0.15) is 63.5 Å². The highest BCUT2D eigenvalue weighted by Crippen LogP contribution is 2.44. The highest BCUT2D eigenvalue weighted by Gasteiger charge is 2.31. The Morgan fingerprint density at radius 3 is 2.09 bits per heavy atom. The van der Waals surface area contributed by atoms with Gasteiger partial charge in [0, 0.05) is 25.4 Å². The van der Waals surface area contributed by atoms with Crippen LogP contribution < -0.4 is 10.6 Å². The number of carbonyl (C=O) groups excluding carboxylic acids is 3. The van der Waals surface area contributed by atoms with Gasteiger partial charge in [-0.05, 0) is 76.4 Å². The lowest BCUT2D eigenvalue weighted by atomic mass is 9.98. The molecule has 1 aliphatic rings. The van der Waals surface area contributed by atoms with Crippen molar-refractivity contribution in [2.24, 2.45) is 0 Å². The summed E-state index contributed by atoms with van der Waals surface area (Å²) in [5.41, 5.74) is 3.81. The van der Waals surface area contributed by atoms with E-state index < -0.39 is 23.7 Å². The van der Waals surface area contributed by atoms with Crippen LogP contribution in [0.4, 0.5) is 4.79 Å². The van der Waals surface area contributed by atoms with Crippen molar-refractivity contribution in [2.45, 2.75) is 64.0 Å². The van der Waals surface area contributed by atoms with Crippen LogP contribution >= 0.6 is 0 Å². The van der Waals surface area contributed by atoms with Gasteiger partial charge < -0.3 is 34.5 Å². The number of likely N-dealkylation sites (N-methyl/N-ethyl adjacent to an activating group) is 1. The number of amides is 2. The largest absolute Gasteiger partial charge is 0.458 e. The Balaban J connectivity index is 1.40. The van der Waals surface area contributed by atoms with Gasteiger partial charge in [-0.2, -0.15) is 0 Å². The molecule has 2 aromatic carbocycles. The molecule has 10 nitrogen and oxygen atoms in total. The smallest absolute Gasteiger partial charge is 0.407 e. The molecule has 0 saturated heterocycles. The molecule has 0 aromatic heterocycles. The fourth-order valence-electron chi connectivity index (χ4n) is 4.93. The molecule has 2 aromatic rings. The van der Waals surface area contributed by atoms with Gasteiger partial charge in [-0.15, -0.1) is 0 Å². The summed E-state index contributed by atoms with van der Waals surface area (Å²) in [7, 11) is 3.98. The zero-order valence-corrected chi connectivity index (χ0v) is 26.9. The highest BCUT2D eigenvalue weighted by atomic mass is 16.6. The molecule has 0 heterocycles. The number of hydrogen-bond donors (Lipinski definition) is 2. The number of alkyl carbamates (subject to hydrolysis) is 1. The summed E-state index contributed by atoms with van der Waals surface area (Å²) in [5, 5.41) is 5.59. The van der Waals surface area contributed by atoms with Crippen molar-refractivity contribution in [3.63, 3.8) is 0 Å². The average molecular weight is 612 g/mol. The first-order valence-electron chi connectivity index (χ1n) is 15.5. The van der Waals surface area contributed by atoms with E-state index in [1.807, 2.05) is 43.3 Å². The number of unbranched alkanes of at least 4 members (excludes halogenated alkanes) is 1. The standard InChI is InChI=1S/C34H49N3O7/c1-34(2,3)44-32(39)30(16-10-11-18-35-31(38)17-20-41-22-23-42-21-19-37(4)5)36-33(40)43-24-29-27-14-8-6-12-25(27)26-13-7-9-15-28(26)29/h6-9,12-15,29-30H,10-11,16-24H2,1-5H3,(H,35,38)(H,36,40)/t30-/m0/s1. The van der Waals surface area contributed by atoms with E-state index in [0.717, 1.165) is 28.8 Å². The molecule has 44 heavy (non-hydrogen) atoms. The number of rotatable bonds is 18. The summed E-state index contributed by atoms with van der Waals surface area (Å²) in [6.07, 6.45) is 1.18. The lowest BCUT2D eigenvalue weighted by molar-refractivity contribution is -0.157. The van der Waals surface area contributed by atoms with Crippen LogP contribution in [0.2, 0.25) is 0 Å². The Labute approximate surface area is 261 Å². The lowest BCUT2D eigenvalue weighted by Crippen LogP contribution is -2.44. The minimum Gasteiger partial charge on any atom is -0.458 e. The molecule has 0 radical (unpaired) electrons. The third kappa shape index (κ3) is 11.9. The number of ether oxygens (including phenoxy) is 4. The molecule has 1 aliphatic carbocycles. The molecule has 0 spiro atoms. The maximum atomic E-state index is 12.9. The van der Waals surface area contributed by atoms with E-state index in [1.165, 1.54) is 0 Å². The number of hydrogen-bond acceptors (Lipinski definition) is 8. The van der Waals surface area contributed by atoms with Crippen molar-refractivity contribution in [1.29, 1.82) is 0 Å². The van der Waals surface area contributed by atoms with Gasteiger partial charge in [-0.25, -0.2) is 9.59 Å². The summed E-state index contributed by atoms with van der Waals surface area (Å²) in [4.78, 5) is 40.0. The topological polar surface area (TPSA) is 115 Å². The normalized spacial score (nSPS) is 13.2. The molecule has 10 heteroatoms. The number of nitrogens with zero attached hydrogens (tertiary/aromatic N) is 1. The van der Waals surface area contributed by atoms with Crippen molar-refractivity contribution in [3.8, 4) is 11.1 Å². The maximum Gasteiger partial charge on any atom is 0.407 e. The van der Waals surface area contributed by atoms with Gasteiger partial charge >= 0.3 is 12.1 Å². The Hall–Kier alpha value is -3.47. The fourth-order valence-corrected chi connectivity index (χ4v) is 4.93. The summed E-state index contributed by atoms with van der Waals surface area (Å²) in [5.74, 6) is -0.694. The fraction of sp³-hybridized carbons (Fsp3) is 0.559. The minimum atomic E-state index is -0.867. The predicted octanol–water partition coefficient (Wildman–Crippen LogP) is 4.51. The third-order valence-electron chi connectivity index (χ3n) is 7.10. The van der Waals surface area contributed by atoms with E-state index in [0.29, 0.717) is 52.2 Å². The summed E-state index contributed by atoms with van der Waals surface area (Å²) in [6, 6.07) is 15.4. The van der Waals surface area contributed by atoms with Crippen LogP contribution in [0.25, 0.3) is 11.1 Å². The van der Waals surface area contributed by atoms with Crippen molar-refractivity contribution in [3.05, 3.63) is 59.7 Å². The van der Waals surface area contributed by atoms with E-state index in [2.05, 4.69) is 34.9 Å². The zero-order chi connectivity index (χ0) is 32.0. The second-order valence-electron chi connectivity index (χ2n) is 12.2. The summed E-state index contributed by atoms with van der Waals surface area (Å²) < 4.78 is 22.1. The maximum absolute atomic E-state index is 12.9. The molecule has 242 valence electrons. The van der Waals surface area contributed by atoms with Gasteiger partial charge in [0.15, 0.2) is 0 Å². The van der Waals surface area contributed by atoms with Crippen LogP contribution in [-0.4, -0.2) is 94.7 Å². The van der Waals surface area contributed by atoms with E-state index in [-0.39, 0.29) is 24.9 Å². The molecule has 1 atom stereocenters. The molecular weight excluding hydrogens is 562 g/mol. The first-order chi connectivity index (χ1) is 21.0. The molecule has 0 fully saturated rings. The van der Waals surface area contributed by atoms with Crippen LogP contribution in [0.15, 0.2) is 48.5 Å². The second-order valence-corrected chi connectivity index (χ2v) is 12.2. The Bertz CT molecular complexity index is 1170. The van der Waals surface area contributed by atoms with Gasteiger partial charge in [0.25, 0.3) is 0 Å². The first kappa shape index (κ1) is 35.0.